The number of hydrogen-bond acceptors (Lipinski definition) is 10. The molecule has 0 saturated carbocycles. The van der Waals surface area contributed by atoms with Crippen LogP contribution in [0.2, 0.25) is 5.02 Å². The summed E-state index contributed by atoms with van der Waals surface area (Å²) in [5.41, 5.74) is -1.07. The Hall–Kier alpha value is -3.26. The molecular weight excluding hydrogens is 478 g/mol. The van der Waals surface area contributed by atoms with Gasteiger partial charge in [-0.05, 0) is 19.1 Å². The lowest BCUT2D eigenvalue weighted by Gasteiger charge is -2.21. The summed E-state index contributed by atoms with van der Waals surface area (Å²) in [5, 5.41) is 31.9. The number of aromatic amines is 1. The maximum Gasteiger partial charge on any atom is 0.510 e. The average molecular weight is 500 g/mol. The Morgan fingerprint density at radius 1 is 1.44 bits per heavy atom. The minimum atomic E-state index is -1.94. The van der Waals surface area contributed by atoms with Crippen LogP contribution < -0.4 is 11.2 Å². The molecule has 3 rings (SSSR count). The van der Waals surface area contributed by atoms with E-state index in [1.807, 2.05) is 0 Å². The average Bonchev–Trinajstić information content (AvgIpc) is 3.15. The summed E-state index contributed by atoms with van der Waals surface area (Å²) < 4.78 is 16.2. The summed E-state index contributed by atoms with van der Waals surface area (Å²) in [4.78, 5) is 48.3. The molecule has 0 radical (unpaired) electrons. The number of carbonyl (C=O) groups excluding carboxylic acids is 1. The quantitative estimate of drug-likeness (QED) is 0.217. The highest BCUT2D eigenvalue weighted by atomic mass is 35.5. The van der Waals surface area contributed by atoms with E-state index in [1.165, 1.54) is 31.3 Å². The number of aryl methyl sites for hydroxylation is 1. The van der Waals surface area contributed by atoms with Crippen LogP contribution in [0.3, 0.4) is 0 Å². The van der Waals surface area contributed by atoms with Crippen molar-refractivity contribution in [1.29, 1.82) is 0 Å². The van der Waals surface area contributed by atoms with Gasteiger partial charge in [-0.1, -0.05) is 18.5 Å². The first-order valence-electron chi connectivity index (χ1n) is 10.1. The van der Waals surface area contributed by atoms with Crippen molar-refractivity contribution in [3.63, 3.8) is 0 Å². The largest absolute Gasteiger partial charge is 0.510 e. The number of aromatic nitrogens is 2. The summed E-state index contributed by atoms with van der Waals surface area (Å²) in [6.45, 7) is 2.72. The molecule has 1 aromatic heterocycles. The monoisotopic (exact) mass is 499 g/mol. The minimum absolute atomic E-state index is 0.124. The molecule has 0 spiro atoms. The van der Waals surface area contributed by atoms with E-state index >= 15 is 0 Å². The number of nitro benzene ring substituents is 1. The molecule has 1 saturated heterocycles. The van der Waals surface area contributed by atoms with Crippen LogP contribution in [0.25, 0.3) is 0 Å². The Bertz CT molecular complexity index is 1200. The molecule has 1 aromatic carbocycles. The summed E-state index contributed by atoms with van der Waals surface area (Å²) in [6.07, 6.45) is -5.85. The highest BCUT2D eigenvalue weighted by molar-refractivity contribution is 6.30. The van der Waals surface area contributed by atoms with Gasteiger partial charge in [-0.3, -0.25) is 24.5 Å². The number of nitrogens with one attached hydrogen (secondary N) is 1. The predicted molar refractivity (Wildman–Crippen MR) is 116 cm³/mol. The van der Waals surface area contributed by atoms with Gasteiger partial charge in [0.2, 0.25) is 6.29 Å². The van der Waals surface area contributed by atoms with E-state index in [2.05, 4.69) is 4.98 Å². The zero-order chi connectivity index (χ0) is 25.2. The van der Waals surface area contributed by atoms with Crippen LogP contribution in [0.1, 0.15) is 36.6 Å². The lowest BCUT2D eigenvalue weighted by Crippen LogP contribution is -2.38. The molecule has 5 atom stereocenters. The van der Waals surface area contributed by atoms with Crippen molar-refractivity contribution >= 4 is 23.4 Å². The predicted octanol–water partition coefficient (Wildman–Crippen LogP) is 1.33. The lowest BCUT2D eigenvalue weighted by atomic mass is 10.0. The smallest absolute Gasteiger partial charge is 0.434 e. The van der Waals surface area contributed by atoms with Crippen LogP contribution in [-0.2, 0) is 14.2 Å². The second kappa shape index (κ2) is 10.3. The number of ether oxygens (including phenoxy) is 3. The maximum atomic E-state index is 12.0. The molecule has 0 amide bonds. The molecule has 1 aliphatic heterocycles. The van der Waals surface area contributed by atoms with Crippen LogP contribution in [-0.4, -0.2) is 55.9 Å². The number of hydrogen-bond donors (Lipinski definition) is 3. The molecule has 0 aliphatic carbocycles. The number of benzene rings is 1. The van der Waals surface area contributed by atoms with Crippen molar-refractivity contribution in [3.8, 4) is 0 Å². The second-order valence-electron chi connectivity index (χ2n) is 7.77. The SMILES string of the molecule is Cc1cn([C@H]2C[C@H](O)[C@@H](C(O)OC(=O)OCC(C)c3cc(Cl)ccc3[N+](=O)[O-])O2)c(=O)[nH]c1=O. The molecular formula is C20H22ClN3O10. The molecule has 184 valence electrons. The van der Waals surface area contributed by atoms with Crippen molar-refractivity contribution in [2.75, 3.05) is 6.61 Å². The van der Waals surface area contributed by atoms with Gasteiger partial charge in [-0.2, -0.15) is 0 Å². The molecule has 14 heteroatoms. The first-order valence-corrected chi connectivity index (χ1v) is 10.5. The van der Waals surface area contributed by atoms with Crippen molar-refractivity contribution in [2.45, 2.75) is 50.9 Å². The molecule has 2 unspecified atom stereocenters. The fraction of sp³-hybridized carbons (Fsp3) is 0.450. The van der Waals surface area contributed by atoms with Gasteiger partial charge >= 0.3 is 11.8 Å². The first-order chi connectivity index (χ1) is 16.0. The van der Waals surface area contributed by atoms with Gasteiger partial charge in [0.25, 0.3) is 11.2 Å². The van der Waals surface area contributed by atoms with Crippen LogP contribution in [0.5, 0.6) is 0 Å². The van der Waals surface area contributed by atoms with Gasteiger partial charge in [-0.25, -0.2) is 9.59 Å². The van der Waals surface area contributed by atoms with E-state index < -0.39 is 53.0 Å². The van der Waals surface area contributed by atoms with Crippen molar-refractivity contribution in [1.82, 2.24) is 9.55 Å². The maximum absolute atomic E-state index is 12.0. The molecule has 1 fully saturated rings. The number of aliphatic hydroxyl groups is 2. The normalized spacial score (nSPS) is 21.6. The fourth-order valence-corrected chi connectivity index (χ4v) is 3.65. The number of H-pyrrole nitrogens is 1. The lowest BCUT2D eigenvalue weighted by molar-refractivity contribution is -0.385. The van der Waals surface area contributed by atoms with Crippen LogP contribution in [0.15, 0.2) is 34.0 Å². The molecule has 2 heterocycles. The van der Waals surface area contributed by atoms with Crippen LogP contribution in [0, 0.1) is 17.0 Å². The standard InChI is InChI=1S/C20H22ClN3O10/c1-9-7-23(19(28)22-17(9)26)15-6-14(25)16(33-15)18(27)34-20(29)32-8-10(2)12-5-11(21)3-4-13(12)24(30)31/h3-5,7,10,14-16,18,25,27H,6,8H2,1-2H3,(H,22,26,28)/t10?,14-,15+,16-,18?/m0/s1. The number of nitro groups is 1. The summed E-state index contributed by atoms with van der Waals surface area (Å²) in [7, 11) is 0. The van der Waals surface area contributed by atoms with Gasteiger partial charge < -0.3 is 24.4 Å². The van der Waals surface area contributed by atoms with Gasteiger partial charge in [0.1, 0.15) is 18.9 Å². The molecule has 3 N–H and O–H groups in total. The third-order valence-electron chi connectivity index (χ3n) is 5.26. The summed E-state index contributed by atoms with van der Waals surface area (Å²) in [6, 6.07) is 3.99. The minimum Gasteiger partial charge on any atom is -0.434 e. The Morgan fingerprint density at radius 3 is 2.82 bits per heavy atom. The second-order valence-corrected chi connectivity index (χ2v) is 8.20. The van der Waals surface area contributed by atoms with Gasteiger partial charge in [0, 0.05) is 40.8 Å². The van der Waals surface area contributed by atoms with Crippen molar-refractivity contribution < 1.29 is 34.1 Å². The summed E-state index contributed by atoms with van der Waals surface area (Å²) >= 11 is 5.90. The highest BCUT2D eigenvalue weighted by Crippen LogP contribution is 2.31. The Labute approximate surface area is 196 Å². The van der Waals surface area contributed by atoms with E-state index in [-0.39, 0.29) is 34.9 Å². The third-order valence-corrected chi connectivity index (χ3v) is 5.49. The molecule has 0 bridgehead atoms. The number of aliphatic hydroxyl groups excluding tert-OH is 2. The fourth-order valence-electron chi connectivity index (χ4n) is 3.47. The molecule has 2 aromatic rings. The Morgan fingerprint density at radius 2 is 2.15 bits per heavy atom. The van der Waals surface area contributed by atoms with Gasteiger partial charge in [0.05, 0.1) is 11.0 Å². The van der Waals surface area contributed by atoms with E-state index in [4.69, 9.17) is 25.8 Å². The first kappa shape index (κ1) is 25.4. The summed E-state index contributed by atoms with van der Waals surface area (Å²) in [5.74, 6) is -0.628. The van der Waals surface area contributed by atoms with Crippen molar-refractivity contribution in [2.24, 2.45) is 0 Å². The number of nitrogens with zero attached hydrogens (tertiary/aromatic N) is 2. The van der Waals surface area contributed by atoms with E-state index in [0.29, 0.717) is 0 Å². The molecule has 13 nitrogen and oxygen atoms in total. The van der Waals surface area contributed by atoms with Crippen molar-refractivity contribution in [3.05, 3.63) is 71.5 Å². The van der Waals surface area contributed by atoms with Crippen LogP contribution in [0.4, 0.5) is 10.5 Å². The Kier molecular flexibility index (Phi) is 7.71. The number of halogens is 1. The van der Waals surface area contributed by atoms with E-state index in [9.17, 15) is 34.7 Å². The molecule has 1 aliphatic rings. The topological polar surface area (TPSA) is 183 Å². The highest BCUT2D eigenvalue weighted by Gasteiger charge is 2.42. The third kappa shape index (κ3) is 5.62. The van der Waals surface area contributed by atoms with Gasteiger partial charge in [-0.15, -0.1) is 0 Å². The Balaban J connectivity index is 1.59. The number of carbonyl (C=O) groups is 1. The molecule has 34 heavy (non-hydrogen) atoms. The van der Waals surface area contributed by atoms with Crippen LogP contribution >= 0.6 is 11.6 Å². The van der Waals surface area contributed by atoms with E-state index in [0.717, 1.165) is 4.57 Å². The zero-order valence-electron chi connectivity index (χ0n) is 18.0. The number of rotatable bonds is 7. The zero-order valence-corrected chi connectivity index (χ0v) is 18.8. The van der Waals surface area contributed by atoms with E-state index in [1.54, 1.807) is 6.92 Å². The van der Waals surface area contributed by atoms with Gasteiger partial charge in [0.15, 0.2) is 0 Å².